The zero-order valence-electron chi connectivity index (χ0n) is 11.8. The molecule has 0 bridgehead atoms. The third-order valence-corrected chi connectivity index (χ3v) is 4.22. The molecule has 1 N–H and O–H groups in total. The van der Waals surface area contributed by atoms with Gasteiger partial charge < -0.3 is 5.32 Å². The number of thioether (sulfide) groups is 1. The first kappa shape index (κ1) is 14.5. The number of aromatic nitrogens is 4. The zero-order chi connectivity index (χ0) is 15.5. The Bertz CT molecular complexity index is 689. The first-order chi connectivity index (χ1) is 10.7. The molecule has 1 atom stereocenters. The largest absolute Gasteiger partial charge is 0.336 e. The van der Waals surface area contributed by atoms with Crippen LogP contribution in [0.5, 0.6) is 0 Å². The number of nitrogens with one attached hydrogen (secondary N) is 1. The van der Waals surface area contributed by atoms with Crippen LogP contribution in [-0.4, -0.2) is 55.4 Å². The van der Waals surface area contributed by atoms with Gasteiger partial charge in [0.25, 0.3) is 0 Å². The number of amides is 3. The third kappa shape index (κ3) is 2.80. The fourth-order valence-electron chi connectivity index (χ4n) is 2.09. The minimum Gasteiger partial charge on any atom is -0.336 e. The van der Waals surface area contributed by atoms with E-state index in [1.54, 1.807) is 11.6 Å². The van der Waals surface area contributed by atoms with Gasteiger partial charge in [-0.15, -0.1) is 5.10 Å². The van der Waals surface area contributed by atoms with Gasteiger partial charge in [0.05, 0.1) is 10.9 Å². The number of nitrogens with zero attached hydrogens (tertiary/aromatic N) is 5. The molecule has 1 fully saturated rings. The number of benzene rings is 1. The van der Waals surface area contributed by atoms with Crippen molar-refractivity contribution in [3.8, 4) is 5.69 Å². The second kappa shape index (κ2) is 6.14. The van der Waals surface area contributed by atoms with Gasteiger partial charge >= 0.3 is 6.03 Å². The van der Waals surface area contributed by atoms with Crippen LogP contribution in [0.15, 0.2) is 35.5 Å². The first-order valence-corrected chi connectivity index (χ1v) is 7.64. The van der Waals surface area contributed by atoms with E-state index < -0.39 is 5.25 Å². The molecule has 1 aromatic carbocycles. The summed E-state index contributed by atoms with van der Waals surface area (Å²) in [5.74, 6) is -0.248. The summed E-state index contributed by atoms with van der Waals surface area (Å²) in [6.07, 6.45) is 0. The van der Waals surface area contributed by atoms with Crippen molar-refractivity contribution in [2.75, 3.05) is 13.1 Å². The van der Waals surface area contributed by atoms with Crippen molar-refractivity contribution >= 4 is 23.7 Å². The SMILES string of the molecule is C[C@H](Sc1nnnn1-c1ccccc1)C(=O)N1CCNC1=O. The lowest BCUT2D eigenvalue weighted by molar-refractivity contribution is -0.126. The molecule has 1 aliphatic heterocycles. The van der Waals surface area contributed by atoms with Crippen LogP contribution in [0.1, 0.15) is 6.92 Å². The summed E-state index contributed by atoms with van der Waals surface area (Å²) in [6.45, 7) is 2.62. The predicted octanol–water partition coefficient (Wildman–Crippen LogP) is 0.695. The lowest BCUT2D eigenvalue weighted by Gasteiger charge is -2.16. The fraction of sp³-hybridized carbons (Fsp3) is 0.308. The summed E-state index contributed by atoms with van der Waals surface area (Å²) in [5.41, 5.74) is 0.813. The number of imide groups is 1. The van der Waals surface area contributed by atoms with E-state index in [1.165, 1.54) is 16.7 Å². The van der Waals surface area contributed by atoms with Gasteiger partial charge in [-0.05, 0) is 29.5 Å². The van der Waals surface area contributed by atoms with Gasteiger partial charge in [0.2, 0.25) is 11.1 Å². The van der Waals surface area contributed by atoms with E-state index in [1.807, 2.05) is 30.3 Å². The molecule has 1 aromatic heterocycles. The van der Waals surface area contributed by atoms with Gasteiger partial charge in [-0.2, -0.15) is 4.68 Å². The summed E-state index contributed by atoms with van der Waals surface area (Å²) in [5, 5.41) is 14.2. The number of rotatable bonds is 4. The molecule has 22 heavy (non-hydrogen) atoms. The molecule has 9 heteroatoms. The van der Waals surface area contributed by atoms with Crippen LogP contribution < -0.4 is 5.32 Å². The highest BCUT2D eigenvalue weighted by atomic mass is 32.2. The number of hydrogen-bond acceptors (Lipinski definition) is 6. The van der Waals surface area contributed by atoms with Crippen LogP contribution in [0, 0.1) is 0 Å². The maximum absolute atomic E-state index is 12.3. The lowest BCUT2D eigenvalue weighted by Crippen LogP contribution is -2.39. The Morgan fingerprint density at radius 3 is 2.82 bits per heavy atom. The molecule has 1 aliphatic rings. The quantitative estimate of drug-likeness (QED) is 0.834. The Kier molecular flexibility index (Phi) is 4.05. The standard InChI is InChI=1S/C13H14N6O2S/c1-9(11(20)18-8-7-14-12(18)21)22-13-15-16-17-19(13)10-5-3-2-4-6-10/h2-6,9H,7-8H2,1H3,(H,14,21)/t9-/m0/s1. The van der Waals surface area contributed by atoms with Crippen LogP contribution >= 0.6 is 11.8 Å². The van der Waals surface area contributed by atoms with E-state index >= 15 is 0 Å². The fourth-order valence-corrected chi connectivity index (χ4v) is 2.96. The number of urea groups is 1. The van der Waals surface area contributed by atoms with Crippen molar-refractivity contribution in [3.05, 3.63) is 30.3 Å². The topological polar surface area (TPSA) is 93.0 Å². The van der Waals surface area contributed by atoms with Crippen LogP contribution in [-0.2, 0) is 4.79 Å². The molecule has 2 aromatic rings. The number of carbonyl (C=O) groups excluding carboxylic acids is 2. The van der Waals surface area contributed by atoms with Crippen molar-refractivity contribution in [1.29, 1.82) is 0 Å². The van der Waals surface area contributed by atoms with Gasteiger partial charge in [0, 0.05) is 13.1 Å². The Morgan fingerprint density at radius 2 is 2.14 bits per heavy atom. The van der Waals surface area contributed by atoms with Crippen molar-refractivity contribution in [2.45, 2.75) is 17.3 Å². The van der Waals surface area contributed by atoms with Crippen LogP contribution in [0.25, 0.3) is 5.69 Å². The summed E-state index contributed by atoms with van der Waals surface area (Å²) < 4.78 is 1.57. The molecule has 8 nitrogen and oxygen atoms in total. The summed E-state index contributed by atoms with van der Waals surface area (Å²) in [7, 11) is 0. The van der Waals surface area contributed by atoms with Crippen molar-refractivity contribution in [2.24, 2.45) is 0 Å². The molecule has 0 spiro atoms. The number of para-hydroxylation sites is 1. The van der Waals surface area contributed by atoms with Crippen molar-refractivity contribution in [1.82, 2.24) is 30.4 Å². The van der Waals surface area contributed by atoms with Gasteiger partial charge in [0.15, 0.2) is 0 Å². The number of tetrazole rings is 1. The molecular formula is C13H14N6O2S. The Labute approximate surface area is 130 Å². The lowest BCUT2D eigenvalue weighted by atomic mass is 10.3. The monoisotopic (exact) mass is 318 g/mol. The number of carbonyl (C=O) groups is 2. The Hall–Kier alpha value is -2.42. The normalized spacial score (nSPS) is 15.7. The first-order valence-electron chi connectivity index (χ1n) is 6.76. The van der Waals surface area contributed by atoms with Crippen molar-refractivity contribution < 1.29 is 9.59 Å². The highest BCUT2D eigenvalue weighted by Gasteiger charge is 2.31. The van der Waals surface area contributed by atoms with Gasteiger partial charge in [-0.1, -0.05) is 30.0 Å². The average Bonchev–Trinajstić information content (AvgIpc) is 3.16. The van der Waals surface area contributed by atoms with Crippen LogP contribution in [0.2, 0.25) is 0 Å². The predicted molar refractivity (Wildman–Crippen MR) is 79.6 cm³/mol. The second-order valence-corrected chi connectivity index (χ2v) is 6.00. The minimum absolute atomic E-state index is 0.248. The Balaban J connectivity index is 1.75. The second-order valence-electron chi connectivity index (χ2n) is 4.69. The van der Waals surface area contributed by atoms with Crippen molar-refractivity contribution in [3.63, 3.8) is 0 Å². The average molecular weight is 318 g/mol. The minimum atomic E-state index is -0.461. The molecule has 3 amide bonds. The molecule has 3 rings (SSSR count). The van der Waals surface area contributed by atoms with Gasteiger partial charge in [-0.3, -0.25) is 9.69 Å². The zero-order valence-corrected chi connectivity index (χ0v) is 12.7. The van der Waals surface area contributed by atoms with Gasteiger partial charge in [0.1, 0.15) is 0 Å². The molecule has 0 unspecified atom stereocenters. The van der Waals surface area contributed by atoms with E-state index in [-0.39, 0.29) is 11.9 Å². The van der Waals surface area contributed by atoms with Crippen LogP contribution in [0.4, 0.5) is 4.79 Å². The molecule has 0 saturated carbocycles. The Morgan fingerprint density at radius 1 is 1.36 bits per heavy atom. The van der Waals surface area contributed by atoms with E-state index in [9.17, 15) is 9.59 Å². The van der Waals surface area contributed by atoms with E-state index in [0.29, 0.717) is 18.2 Å². The highest BCUT2D eigenvalue weighted by molar-refractivity contribution is 8.00. The molecular weight excluding hydrogens is 304 g/mol. The van der Waals surface area contributed by atoms with E-state index in [2.05, 4.69) is 20.8 Å². The molecule has 0 aliphatic carbocycles. The molecule has 0 radical (unpaired) electrons. The summed E-state index contributed by atoms with van der Waals surface area (Å²) in [6, 6.07) is 9.07. The molecule has 114 valence electrons. The maximum atomic E-state index is 12.3. The third-order valence-electron chi connectivity index (χ3n) is 3.19. The summed E-state index contributed by atoms with van der Waals surface area (Å²) >= 11 is 1.22. The smallest absolute Gasteiger partial charge is 0.324 e. The van der Waals surface area contributed by atoms with E-state index in [4.69, 9.17) is 0 Å². The van der Waals surface area contributed by atoms with Gasteiger partial charge in [-0.25, -0.2) is 4.79 Å². The van der Waals surface area contributed by atoms with Crippen LogP contribution in [0.3, 0.4) is 0 Å². The number of hydrogen-bond donors (Lipinski definition) is 1. The maximum Gasteiger partial charge on any atom is 0.324 e. The summed E-state index contributed by atoms with van der Waals surface area (Å²) in [4.78, 5) is 25.1. The molecule has 2 heterocycles. The highest BCUT2D eigenvalue weighted by Crippen LogP contribution is 2.24. The molecule has 1 saturated heterocycles. The van der Waals surface area contributed by atoms with E-state index in [0.717, 1.165) is 5.69 Å².